The second-order valence-corrected chi connectivity index (χ2v) is 16.0. The average molecular weight is 698 g/mol. The molecule has 7 rings (SSSR count). The smallest absolute Gasteiger partial charge is 0.253 e. The van der Waals surface area contributed by atoms with Crippen LogP contribution in [0, 0.1) is 11.8 Å². The Bertz CT molecular complexity index is 1790. The van der Waals surface area contributed by atoms with E-state index in [1.165, 1.54) is 28.3 Å². The van der Waals surface area contributed by atoms with Crippen LogP contribution in [-0.2, 0) is 24.4 Å². The van der Waals surface area contributed by atoms with E-state index in [0.717, 1.165) is 24.0 Å². The van der Waals surface area contributed by atoms with E-state index in [9.17, 15) is 27.6 Å². The molecule has 0 bridgehead atoms. The van der Waals surface area contributed by atoms with Crippen molar-refractivity contribution in [2.75, 3.05) is 26.2 Å². The van der Waals surface area contributed by atoms with Crippen molar-refractivity contribution in [3.63, 3.8) is 0 Å². The zero-order valence-electron chi connectivity index (χ0n) is 28.0. The van der Waals surface area contributed by atoms with E-state index in [1.54, 1.807) is 12.1 Å². The first-order valence-electron chi connectivity index (χ1n) is 17.5. The van der Waals surface area contributed by atoms with Gasteiger partial charge in [0.05, 0.1) is 16.7 Å². The number of hydrogen-bond acceptors (Lipinski definition) is 6. The zero-order valence-corrected chi connectivity index (χ0v) is 28.8. The van der Waals surface area contributed by atoms with Crippen LogP contribution in [0.15, 0.2) is 89.8 Å². The van der Waals surface area contributed by atoms with Crippen molar-refractivity contribution in [2.24, 2.45) is 11.8 Å². The van der Waals surface area contributed by atoms with E-state index in [-0.39, 0.29) is 84.3 Å². The maximum absolute atomic E-state index is 13.9. The molecule has 2 saturated heterocycles. The first-order chi connectivity index (χ1) is 24.1. The summed E-state index contributed by atoms with van der Waals surface area (Å²) in [7, 11) is -3.89. The molecule has 11 nitrogen and oxygen atoms in total. The molecular formula is C38H43N5O6S. The Labute approximate surface area is 292 Å². The molecule has 12 heteroatoms. The van der Waals surface area contributed by atoms with Crippen molar-refractivity contribution in [3.05, 3.63) is 102 Å². The molecular weight excluding hydrogens is 655 g/mol. The van der Waals surface area contributed by atoms with Crippen LogP contribution in [0.5, 0.6) is 0 Å². The number of piperidine rings is 1. The maximum atomic E-state index is 13.9. The highest BCUT2D eigenvalue weighted by Crippen LogP contribution is 2.42. The summed E-state index contributed by atoms with van der Waals surface area (Å²) < 4.78 is 28.5. The van der Waals surface area contributed by atoms with Gasteiger partial charge in [0.25, 0.3) is 5.91 Å². The molecule has 0 aromatic heterocycles. The summed E-state index contributed by atoms with van der Waals surface area (Å²) in [5, 5.41) is 9.14. The van der Waals surface area contributed by atoms with Gasteiger partial charge < -0.3 is 20.9 Å². The Balaban J connectivity index is 1.05. The molecule has 3 aromatic carbocycles. The summed E-state index contributed by atoms with van der Waals surface area (Å²) in [5.74, 6) is -2.15. The Hall–Kier alpha value is -4.55. The van der Waals surface area contributed by atoms with E-state index in [1.807, 2.05) is 60.7 Å². The molecule has 2 aliphatic carbocycles. The fraction of sp³-hybridized carbons (Fsp3) is 0.421. The number of nitrogens with zero attached hydrogens (tertiary/aromatic N) is 2. The Kier molecular flexibility index (Phi) is 9.49. The van der Waals surface area contributed by atoms with E-state index >= 15 is 0 Å². The monoisotopic (exact) mass is 697 g/mol. The first kappa shape index (κ1) is 33.9. The summed E-state index contributed by atoms with van der Waals surface area (Å²) >= 11 is 0. The van der Waals surface area contributed by atoms with Crippen LogP contribution < -0.4 is 16.0 Å². The molecule has 3 N–H and O–H groups in total. The minimum Gasteiger partial charge on any atom is -0.354 e. The van der Waals surface area contributed by atoms with Crippen LogP contribution in [0.1, 0.15) is 65.9 Å². The number of hydrogen-bond donors (Lipinski definition) is 3. The topological polar surface area (TPSA) is 145 Å². The van der Waals surface area contributed by atoms with Crippen LogP contribution in [-0.4, -0.2) is 85.6 Å². The Morgan fingerprint density at radius 1 is 0.680 bits per heavy atom. The summed E-state index contributed by atoms with van der Waals surface area (Å²) in [5.41, 5.74) is 2.49. The van der Waals surface area contributed by atoms with Gasteiger partial charge in [0.1, 0.15) is 0 Å². The number of rotatable bonds is 10. The summed E-state index contributed by atoms with van der Waals surface area (Å²) in [6.07, 6.45) is 2.63. The van der Waals surface area contributed by atoms with E-state index in [4.69, 9.17) is 0 Å². The van der Waals surface area contributed by atoms with Crippen LogP contribution in [0.3, 0.4) is 0 Å². The van der Waals surface area contributed by atoms with Crippen LogP contribution in [0.4, 0.5) is 0 Å². The fourth-order valence-corrected chi connectivity index (χ4v) is 9.09. The predicted octanol–water partition coefficient (Wildman–Crippen LogP) is 3.01. The molecule has 4 amide bonds. The van der Waals surface area contributed by atoms with Crippen molar-refractivity contribution in [1.29, 1.82) is 0 Å². The van der Waals surface area contributed by atoms with E-state index in [0.29, 0.717) is 12.8 Å². The minimum absolute atomic E-state index is 0.00508. The third-order valence-corrected chi connectivity index (χ3v) is 12.4. The van der Waals surface area contributed by atoms with Crippen LogP contribution >= 0.6 is 0 Å². The molecule has 0 spiro atoms. The van der Waals surface area contributed by atoms with E-state index < -0.39 is 27.8 Å². The molecule has 2 heterocycles. The Morgan fingerprint density at radius 3 is 1.70 bits per heavy atom. The highest BCUT2D eigenvalue weighted by atomic mass is 32.2. The molecule has 0 unspecified atom stereocenters. The summed E-state index contributed by atoms with van der Waals surface area (Å²) in [4.78, 5) is 54.5. The second kappa shape index (κ2) is 14.0. The van der Waals surface area contributed by atoms with Crippen molar-refractivity contribution >= 4 is 33.7 Å². The normalized spacial score (nSPS) is 26.5. The maximum Gasteiger partial charge on any atom is 0.253 e. The van der Waals surface area contributed by atoms with Gasteiger partial charge in [0.15, 0.2) is 0 Å². The number of amides is 4. The van der Waals surface area contributed by atoms with Crippen molar-refractivity contribution in [3.8, 4) is 0 Å². The lowest BCUT2D eigenvalue weighted by Gasteiger charge is -2.31. The molecule has 2 saturated carbocycles. The lowest BCUT2D eigenvalue weighted by molar-refractivity contribution is -0.133. The number of sulfonamides is 1. The van der Waals surface area contributed by atoms with Crippen molar-refractivity contribution in [2.45, 2.75) is 67.5 Å². The highest BCUT2D eigenvalue weighted by molar-refractivity contribution is 7.89. The largest absolute Gasteiger partial charge is 0.354 e. The van der Waals surface area contributed by atoms with Gasteiger partial charge >= 0.3 is 0 Å². The number of nitrogens with one attached hydrogen (secondary N) is 3. The lowest BCUT2D eigenvalue weighted by atomic mass is 9.94. The summed E-state index contributed by atoms with van der Waals surface area (Å²) in [6, 6.07) is 25.8. The van der Waals surface area contributed by atoms with E-state index in [2.05, 4.69) is 16.0 Å². The highest BCUT2D eigenvalue weighted by Gasteiger charge is 2.49. The van der Waals surface area contributed by atoms with Gasteiger partial charge in [0.2, 0.25) is 27.7 Å². The number of carbonyl (C=O) groups excluding carboxylic acids is 4. The van der Waals surface area contributed by atoms with Gasteiger partial charge in [0, 0.05) is 68.6 Å². The van der Waals surface area contributed by atoms with Gasteiger partial charge in [-0.25, -0.2) is 8.42 Å². The number of benzene rings is 3. The lowest BCUT2D eigenvalue weighted by Crippen LogP contribution is -2.46. The second-order valence-electron chi connectivity index (χ2n) is 14.1. The van der Waals surface area contributed by atoms with Gasteiger partial charge in [-0.2, -0.15) is 4.31 Å². The molecule has 4 aliphatic rings. The third kappa shape index (κ3) is 7.32. The van der Waals surface area contributed by atoms with Gasteiger partial charge in [-0.3, -0.25) is 19.2 Å². The quantitative estimate of drug-likeness (QED) is 0.297. The molecule has 262 valence electrons. The van der Waals surface area contributed by atoms with Gasteiger partial charge in [-0.05, 0) is 55.0 Å². The van der Waals surface area contributed by atoms with Crippen LogP contribution in [0.25, 0.3) is 0 Å². The molecule has 0 radical (unpaired) electrons. The number of carbonyl (C=O) groups is 4. The fourth-order valence-electron chi connectivity index (χ4n) is 7.58. The molecule has 50 heavy (non-hydrogen) atoms. The molecule has 6 atom stereocenters. The minimum atomic E-state index is -3.89. The third-order valence-electron chi connectivity index (χ3n) is 10.6. The van der Waals surface area contributed by atoms with Crippen molar-refractivity contribution in [1.82, 2.24) is 25.2 Å². The zero-order chi connectivity index (χ0) is 35.0. The SMILES string of the molecule is CC(=O)NC1CCN(S(=O)(=O)c2cccc(C(=O)N3C[C@@H](C(=O)N[C@H]4C[C@@H]4c4ccccc4)[C@H](C(=O)N[C@H]4C[C@@H]4c4ccccc4)C3)c2)CC1. The Morgan fingerprint density at radius 2 is 1.20 bits per heavy atom. The average Bonchev–Trinajstić information content (AvgIpc) is 4.03. The van der Waals surface area contributed by atoms with Crippen molar-refractivity contribution < 1.29 is 27.6 Å². The molecule has 4 fully saturated rings. The number of likely N-dealkylation sites (tertiary alicyclic amines) is 1. The molecule has 3 aromatic rings. The van der Waals surface area contributed by atoms with Gasteiger partial charge in [-0.1, -0.05) is 66.7 Å². The predicted molar refractivity (Wildman–Crippen MR) is 186 cm³/mol. The first-order valence-corrected chi connectivity index (χ1v) is 18.9. The summed E-state index contributed by atoms with van der Waals surface area (Å²) in [6.45, 7) is 2.04. The standard InChI is InChI=1S/C38H43N5O6S/c1-24(44)39-28-15-17-43(18-16-28)50(48,49)29-14-8-13-27(19-29)38(47)42-22-32(36(45)40-34-20-30(34)25-9-4-2-5-10-25)33(23-42)37(46)41-35-21-31(35)26-11-6-3-7-12-26/h2-14,19,28,30-35H,15-18,20-23H2,1H3,(H,39,44)(H,40,45)(H,41,46)/t30-,31-,32-,33-,34+,35+/m1/s1. The molecule has 2 aliphatic heterocycles. The van der Waals surface area contributed by atoms with Gasteiger partial charge in [-0.15, -0.1) is 0 Å². The van der Waals surface area contributed by atoms with Crippen LogP contribution in [0.2, 0.25) is 0 Å².